The van der Waals surface area contributed by atoms with Gasteiger partial charge in [-0.05, 0) is 48.3 Å². The summed E-state index contributed by atoms with van der Waals surface area (Å²) in [6, 6.07) is 3.54. The highest BCUT2D eigenvalue weighted by Gasteiger charge is 2.13. The molecule has 0 radical (unpaired) electrons. The van der Waals surface area contributed by atoms with E-state index < -0.39 is 9.84 Å². The van der Waals surface area contributed by atoms with E-state index in [1.165, 1.54) is 6.26 Å². The molecule has 1 atom stereocenters. The second-order valence-electron chi connectivity index (χ2n) is 6.23. The fourth-order valence-corrected chi connectivity index (χ4v) is 3.94. The molecule has 0 saturated heterocycles. The number of hydrogen-bond acceptors (Lipinski definition) is 2. The number of benzene rings is 1. The molecule has 1 aromatic carbocycles. The minimum atomic E-state index is -2.92. The van der Waals surface area contributed by atoms with Crippen molar-refractivity contribution in [2.45, 2.75) is 46.0 Å². The molecule has 120 valence electrons. The molecule has 21 heavy (non-hydrogen) atoms. The van der Waals surface area contributed by atoms with Crippen LogP contribution in [0.4, 0.5) is 4.39 Å². The van der Waals surface area contributed by atoms with Gasteiger partial charge in [-0.1, -0.05) is 38.4 Å². The quantitative estimate of drug-likeness (QED) is 0.730. The second-order valence-corrected chi connectivity index (χ2v) is 8.82. The molecule has 0 bridgehead atoms. The molecule has 0 fully saturated rings. The fraction of sp³-hybridized carbons (Fsp3) is 0.625. The summed E-state index contributed by atoms with van der Waals surface area (Å²) in [4.78, 5) is 0. The number of halogens is 2. The third-order valence-corrected chi connectivity index (χ3v) is 4.94. The van der Waals surface area contributed by atoms with E-state index in [2.05, 4.69) is 0 Å². The van der Waals surface area contributed by atoms with Crippen molar-refractivity contribution in [3.8, 4) is 0 Å². The standard InChI is InChI=1S/C16H24ClFO2S/c1-11(2)14-8-13(9-15(17)16(14)18)7-5-6-12(3)10-21(4,19)20/h8-9,11-12H,5-7,10H2,1-4H3/t12-/m1/s1. The van der Waals surface area contributed by atoms with Gasteiger partial charge in [0.15, 0.2) is 0 Å². The van der Waals surface area contributed by atoms with E-state index in [1.807, 2.05) is 26.8 Å². The Morgan fingerprint density at radius 2 is 1.86 bits per heavy atom. The van der Waals surface area contributed by atoms with Gasteiger partial charge in [-0.25, -0.2) is 12.8 Å². The number of rotatable bonds is 7. The maximum Gasteiger partial charge on any atom is 0.147 e. The first-order valence-corrected chi connectivity index (χ1v) is 9.69. The second kappa shape index (κ2) is 7.59. The molecular formula is C16H24ClFO2S. The van der Waals surface area contributed by atoms with Crippen LogP contribution in [0.1, 0.15) is 50.7 Å². The largest absolute Gasteiger partial charge is 0.229 e. The molecule has 0 N–H and O–H groups in total. The van der Waals surface area contributed by atoms with Crippen molar-refractivity contribution in [1.82, 2.24) is 0 Å². The zero-order valence-corrected chi connectivity index (χ0v) is 14.7. The van der Waals surface area contributed by atoms with Crippen molar-refractivity contribution >= 4 is 21.4 Å². The Morgan fingerprint density at radius 3 is 2.38 bits per heavy atom. The van der Waals surface area contributed by atoms with E-state index >= 15 is 0 Å². The minimum Gasteiger partial charge on any atom is -0.229 e. The van der Waals surface area contributed by atoms with Crippen molar-refractivity contribution in [2.24, 2.45) is 5.92 Å². The molecule has 0 aromatic heterocycles. The summed E-state index contributed by atoms with van der Waals surface area (Å²) in [5, 5.41) is 0.167. The Bertz CT molecular complexity index is 582. The predicted molar refractivity (Wildman–Crippen MR) is 87.3 cm³/mol. The van der Waals surface area contributed by atoms with E-state index in [0.29, 0.717) is 5.56 Å². The lowest BCUT2D eigenvalue weighted by molar-refractivity contribution is 0.536. The first-order valence-electron chi connectivity index (χ1n) is 7.25. The summed E-state index contributed by atoms with van der Waals surface area (Å²) >= 11 is 5.94. The number of sulfone groups is 1. The molecular weight excluding hydrogens is 311 g/mol. The van der Waals surface area contributed by atoms with Crippen molar-refractivity contribution in [3.05, 3.63) is 34.1 Å². The van der Waals surface area contributed by atoms with E-state index in [4.69, 9.17) is 11.6 Å². The predicted octanol–water partition coefficient (Wildman–Crippen LogP) is 4.61. The van der Waals surface area contributed by atoms with Gasteiger partial charge in [0.2, 0.25) is 0 Å². The molecule has 5 heteroatoms. The fourth-order valence-electron chi connectivity index (χ4n) is 2.49. The highest BCUT2D eigenvalue weighted by atomic mass is 35.5. The molecule has 0 spiro atoms. The van der Waals surface area contributed by atoms with Crippen LogP contribution >= 0.6 is 11.6 Å². The van der Waals surface area contributed by atoms with Crippen LogP contribution in [0.2, 0.25) is 5.02 Å². The highest BCUT2D eigenvalue weighted by Crippen LogP contribution is 2.27. The summed E-state index contributed by atoms with van der Waals surface area (Å²) in [6.45, 7) is 5.82. The molecule has 0 aliphatic carbocycles. The summed E-state index contributed by atoms with van der Waals surface area (Å²) in [6.07, 6.45) is 3.75. The van der Waals surface area contributed by atoms with Crippen molar-refractivity contribution in [2.75, 3.05) is 12.0 Å². The molecule has 0 saturated carbocycles. The molecule has 0 unspecified atom stereocenters. The van der Waals surface area contributed by atoms with E-state index in [1.54, 1.807) is 6.07 Å². The van der Waals surface area contributed by atoms with Gasteiger partial charge in [-0.15, -0.1) is 0 Å². The van der Waals surface area contributed by atoms with Gasteiger partial charge in [0.05, 0.1) is 10.8 Å². The van der Waals surface area contributed by atoms with Crippen LogP contribution in [-0.4, -0.2) is 20.4 Å². The third-order valence-electron chi connectivity index (χ3n) is 3.49. The zero-order chi connectivity index (χ0) is 16.2. The van der Waals surface area contributed by atoms with Gasteiger partial charge >= 0.3 is 0 Å². The van der Waals surface area contributed by atoms with E-state index in [0.717, 1.165) is 24.8 Å². The Balaban J connectivity index is 2.64. The first kappa shape index (κ1) is 18.4. The average molecular weight is 335 g/mol. The van der Waals surface area contributed by atoms with Crippen molar-refractivity contribution in [1.29, 1.82) is 0 Å². The van der Waals surface area contributed by atoms with Crippen LogP contribution < -0.4 is 0 Å². The Morgan fingerprint density at radius 1 is 1.24 bits per heavy atom. The topological polar surface area (TPSA) is 34.1 Å². The van der Waals surface area contributed by atoms with Crippen LogP contribution in [0, 0.1) is 11.7 Å². The van der Waals surface area contributed by atoms with Crippen LogP contribution in [0.3, 0.4) is 0 Å². The van der Waals surface area contributed by atoms with Gasteiger partial charge in [-0.2, -0.15) is 0 Å². The maximum absolute atomic E-state index is 13.9. The van der Waals surface area contributed by atoms with E-state index in [-0.39, 0.29) is 28.4 Å². The number of aryl methyl sites for hydroxylation is 1. The summed E-state index contributed by atoms with van der Waals surface area (Å²) < 4.78 is 36.3. The Kier molecular flexibility index (Phi) is 6.67. The SMILES string of the molecule is CC(C)c1cc(CCC[C@@H](C)CS(C)(=O)=O)cc(Cl)c1F. The smallest absolute Gasteiger partial charge is 0.147 e. The van der Waals surface area contributed by atoms with E-state index in [9.17, 15) is 12.8 Å². The van der Waals surface area contributed by atoms with Gasteiger partial charge in [-0.3, -0.25) is 0 Å². The highest BCUT2D eigenvalue weighted by molar-refractivity contribution is 7.90. The maximum atomic E-state index is 13.9. The molecule has 0 heterocycles. The van der Waals surface area contributed by atoms with Crippen LogP contribution in [0.5, 0.6) is 0 Å². The molecule has 0 amide bonds. The third kappa shape index (κ3) is 6.35. The average Bonchev–Trinajstić information content (AvgIpc) is 2.30. The molecule has 0 aliphatic rings. The minimum absolute atomic E-state index is 0.0895. The van der Waals surface area contributed by atoms with Gasteiger partial charge in [0.1, 0.15) is 15.7 Å². The lowest BCUT2D eigenvalue weighted by atomic mass is 9.96. The lowest BCUT2D eigenvalue weighted by Gasteiger charge is -2.13. The van der Waals surface area contributed by atoms with Gasteiger partial charge < -0.3 is 0 Å². The zero-order valence-electron chi connectivity index (χ0n) is 13.1. The van der Waals surface area contributed by atoms with Crippen molar-refractivity contribution in [3.63, 3.8) is 0 Å². The summed E-state index contributed by atoms with van der Waals surface area (Å²) in [7, 11) is -2.92. The molecule has 1 aromatic rings. The summed E-state index contributed by atoms with van der Waals surface area (Å²) in [5.74, 6) is 0.113. The molecule has 0 aliphatic heterocycles. The monoisotopic (exact) mass is 334 g/mol. The molecule has 1 rings (SSSR count). The normalized spacial score (nSPS) is 13.7. The summed E-state index contributed by atoms with van der Waals surface area (Å²) in [5.41, 5.74) is 1.65. The van der Waals surface area contributed by atoms with Crippen LogP contribution in [-0.2, 0) is 16.3 Å². The first-order chi connectivity index (χ1) is 9.60. The van der Waals surface area contributed by atoms with Gasteiger partial charge in [0, 0.05) is 6.26 Å². The molecule has 2 nitrogen and oxygen atoms in total. The van der Waals surface area contributed by atoms with Crippen molar-refractivity contribution < 1.29 is 12.8 Å². The van der Waals surface area contributed by atoms with Crippen LogP contribution in [0.15, 0.2) is 12.1 Å². The Labute approximate surface area is 132 Å². The number of hydrogen-bond donors (Lipinski definition) is 0. The Hall–Kier alpha value is -0.610. The van der Waals surface area contributed by atoms with Gasteiger partial charge in [0.25, 0.3) is 0 Å². The lowest BCUT2D eigenvalue weighted by Crippen LogP contribution is -2.12. The van der Waals surface area contributed by atoms with Crippen LogP contribution in [0.25, 0.3) is 0 Å².